The van der Waals surface area contributed by atoms with Gasteiger partial charge >= 0.3 is 5.97 Å². The van der Waals surface area contributed by atoms with Crippen LogP contribution in [0.5, 0.6) is 5.75 Å². The molecule has 0 spiro atoms. The molecule has 3 aromatic carbocycles. The van der Waals surface area contributed by atoms with Crippen LogP contribution in [0.4, 0.5) is 0 Å². The van der Waals surface area contributed by atoms with Gasteiger partial charge in [-0.3, -0.25) is 10.2 Å². The van der Waals surface area contributed by atoms with E-state index in [0.29, 0.717) is 5.75 Å². The standard InChI is InChI=1S/C27H31N3O6S2/c1-18(2)26(31)28-29-36-27(32)25-15-23(37-17-19-8-11-22(35-3)12-9-19)16-30(25)38(33,34)24-13-10-20-6-4-5-7-21(20)14-24/h4-14,18,23,25,29H,15-17H2,1-3H3,(H,28,31)/t23-,25+/m1/s1. The number of methoxy groups -OCH3 is 1. The Morgan fingerprint density at radius 2 is 1.76 bits per heavy atom. The molecule has 0 unspecified atom stereocenters. The smallest absolute Gasteiger partial charge is 0.345 e. The number of carbonyl (C=O) groups is 2. The summed E-state index contributed by atoms with van der Waals surface area (Å²) in [6, 6.07) is 19.0. The predicted octanol–water partition coefficient (Wildman–Crippen LogP) is 3.65. The number of carbonyl (C=O) groups excluding carboxylic acids is 2. The SMILES string of the molecule is COc1ccc(CS[C@@H]2C[C@@H](C(=O)ONNC(=O)C(C)C)N(S(=O)(=O)c3ccc4ccccc4c3)C2)cc1. The summed E-state index contributed by atoms with van der Waals surface area (Å²) >= 11 is 1.58. The number of sulfonamides is 1. The molecule has 1 fully saturated rings. The van der Waals surface area contributed by atoms with E-state index in [1.807, 2.05) is 48.5 Å². The molecule has 2 atom stereocenters. The number of hydrazine groups is 1. The van der Waals surface area contributed by atoms with Crippen molar-refractivity contribution >= 4 is 44.4 Å². The van der Waals surface area contributed by atoms with Crippen LogP contribution in [0.1, 0.15) is 25.8 Å². The Labute approximate surface area is 226 Å². The molecule has 0 saturated carbocycles. The second-order valence-corrected chi connectivity index (χ2v) is 12.5. The first-order chi connectivity index (χ1) is 18.2. The van der Waals surface area contributed by atoms with Gasteiger partial charge in [-0.15, -0.1) is 0 Å². The summed E-state index contributed by atoms with van der Waals surface area (Å²) in [5, 5.41) is 1.56. The third-order valence-corrected chi connectivity index (χ3v) is 9.50. The predicted molar refractivity (Wildman–Crippen MR) is 147 cm³/mol. The van der Waals surface area contributed by atoms with Crippen molar-refractivity contribution in [2.24, 2.45) is 5.92 Å². The van der Waals surface area contributed by atoms with E-state index in [1.54, 1.807) is 50.9 Å². The lowest BCUT2D eigenvalue weighted by atomic mass is 10.1. The molecule has 1 amide bonds. The average molecular weight is 558 g/mol. The van der Waals surface area contributed by atoms with Gasteiger partial charge in [0.2, 0.25) is 15.9 Å². The fraction of sp³-hybridized carbons (Fsp3) is 0.333. The van der Waals surface area contributed by atoms with Crippen molar-refractivity contribution < 1.29 is 27.6 Å². The molecule has 202 valence electrons. The number of amides is 1. The van der Waals surface area contributed by atoms with Gasteiger partial charge in [0.05, 0.1) is 12.0 Å². The number of nitrogens with zero attached hydrogens (tertiary/aromatic N) is 1. The van der Waals surface area contributed by atoms with Gasteiger partial charge in [0, 0.05) is 23.5 Å². The lowest BCUT2D eigenvalue weighted by molar-refractivity contribution is -0.159. The number of thioether (sulfide) groups is 1. The molecule has 1 aliphatic rings. The number of fused-ring (bicyclic) bond motifs is 1. The summed E-state index contributed by atoms with van der Waals surface area (Å²) in [5.74, 6) is -0.0738. The molecular formula is C27H31N3O6S2. The summed E-state index contributed by atoms with van der Waals surface area (Å²) in [6.45, 7) is 3.53. The Morgan fingerprint density at radius 1 is 1.05 bits per heavy atom. The average Bonchev–Trinajstić information content (AvgIpc) is 3.37. The normalized spacial score (nSPS) is 18.0. The number of nitrogens with one attached hydrogen (secondary N) is 2. The molecule has 11 heteroatoms. The van der Waals surface area contributed by atoms with Crippen molar-refractivity contribution in [3.05, 3.63) is 72.3 Å². The quantitative estimate of drug-likeness (QED) is 0.363. The maximum atomic E-state index is 13.8. The number of ether oxygens (including phenoxy) is 1. The van der Waals surface area contributed by atoms with Gasteiger partial charge in [-0.05, 0) is 47.0 Å². The Hall–Kier alpha value is -3.12. The van der Waals surface area contributed by atoms with Crippen LogP contribution in [0.25, 0.3) is 10.8 Å². The van der Waals surface area contributed by atoms with Crippen molar-refractivity contribution in [3.8, 4) is 5.75 Å². The maximum Gasteiger partial charge on any atom is 0.345 e. The highest BCUT2D eigenvalue weighted by molar-refractivity contribution is 7.99. The largest absolute Gasteiger partial charge is 0.497 e. The molecule has 38 heavy (non-hydrogen) atoms. The van der Waals surface area contributed by atoms with Crippen molar-refractivity contribution in [1.29, 1.82) is 0 Å². The van der Waals surface area contributed by atoms with Crippen molar-refractivity contribution in [1.82, 2.24) is 15.3 Å². The minimum Gasteiger partial charge on any atom is -0.497 e. The topological polar surface area (TPSA) is 114 Å². The zero-order valence-corrected chi connectivity index (χ0v) is 23.1. The van der Waals surface area contributed by atoms with Crippen LogP contribution >= 0.6 is 11.8 Å². The van der Waals surface area contributed by atoms with Gasteiger partial charge in [-0.1, -0.05) is 61.9 Å². The Morgan fingerprint density at radius 3 is 2.45 bits per heavy atom. The zero-order chi connectivity index (χ0) is 27.3. The van der Waals surface area contributed by atoms with Gasteiger partial charge < -0.3 is 9.57 Å². The summed E-state index contributed by atoms with van der Waals surface area (Å²) in [5.41, 5.74) is 5.53. The second-order valence-electron chi connectivity index (χ2n) is 9.28. The summed E-state index contributed by atoms with van der Waals surface area (Å²) in [7, 11) is -2.41. The van der Waals surface area contributed by atoms with E-state index >= 15 is 0 Å². The van der Waals surface area contributed by atoms with Gasteiger partial charge in [-0.2, -0.15) is 16.1 Å². The van der Waals surface area contributed by atoms with Crippen LogP contribution in [0.3, 0.4) is 0 Å². The van der Waals surface area contributed by atoms with Crippen LogP contribution in [-0.2, 0) is 30.2 Å². The highest BCUT2D eigenvalue weighted by Gasteiger charge is 2.45. The maximum absolute atomic E-state index is 13.8. The Bertz CT molecular complexity index is 1400. The van der Waals surface area contributed by atoms with E-state index in [-0.39, 0.29) is 34.9 Å². The monoisotopic (exact) mass is 557 g/mol. The van der Waals surface area contributed by atoms with Gasteiger partial charge in [-0.25, -0.2) is 13.2 Å². The van der Waals surface area contributed by atoms with E-state index in [0.717, 1.165) is 22.1 Å². The molecule has 0 bridgehead atoms. The molecule has 0 aromatic heterocycles. The van der Waals surface area contributed by atoms with E-state index in [2.05, 4.69) is 11.0 Å². The molecule has 0 radical (unpaired) electrons. The number of hydrogen-bond acceptors (Lipinski definition) is 8. The molecular weight excluding hydrogens is 526 g/mol. The third kappa shape index (κ3) is 6.47. The van der Waals surface area contributed by atoms with Crippen LogP contribution in [0.2, 0.25) is 0 Å². The highest BCUT2D eigenvalue weighted by atomic mass is 32.2. The Kier molecular flexibility index (Phi) is 8.93. The molecule has 1 aliphatic heterocycles. The number of rotatable bonds is 10. The lowest BCUT2D eigenvalue weighted by Gasteiger charge is -2.22. The van der Waals surface area contributed by atoms with E-state index < -0.39 is 22.0 Å². The first-order valence-corrected chi connectivity index (χ1v) is 14.7. The molecule has 1 saturated heterocycles. The highest BCUT2D eigenvalue weighted by Crippen LogP contribution is 2.35. The van der Waals surface area contributed by atoms with Gasteiger partial charge in [0.15, 0.2) is 0 Å². The third-order valence-electron chi connectivity index (χ3n) is 6.31. The van der Waals surface area contributed by atoms with E-state index in [4.69, 9.17) is 9.57 Å². The summed E-state index contributed by atoms with van der Waals surface area (Å²) < 4.78 is 33.9. The molecule has 0 aliphatic carbocycles. The van der Waals surface area contributed by atoms with Crippen LogP contribution in [-0.4, -0.2) is 49.5 Å². The van der Waals surface area contributed by atoms with Crippen LogP contribution < -0.4 is 15.8 Å². The summed E-state index contributed by atoms with van der Waals surface area (Å²) in [6.07, 6.45) is 0.270. The van der Waals surface area contributed by atoms with Gasteiger partial charge in [0.25, 0.3) is 0 Å². The molecule has 9 nitrogen and oxygen atoms in total. The number of hydrogen-bond donors (Lipinski definition) is 2. The van der Waals surface area contributed by atoms with Crippen molar-refractivity contribution in [2.75, 3.05) is 13.7 Å². The van der Waals surface area contributed by atoms with Crippen molar-refractivity contribution in [2.45, 2.75) is 42.2 Å². The molecule has 3 aromatic rings. The lowest BCUT2D eigenvalue weighted by Crippen LogP contribution is -2.47. The zero-order valence-electron chi connectivity index (χ0n) is 21.4. The first-order valence-electron chi connectivity index (χ1n) is 12.2. The molecule has 1 heterocycles. The minimum atomic E-state index is -4.02. The van der Waals surface area contributed by atoms with E-state index in [1.165, 1.54) is 4.31 Å². The fourth-order valence-electron chi connectivity index (χ4n) is 4.11. The van der Waals surface area contributed by atoms with Crippen molar-refractivity contribution in [3.63, 3.8) is 0 Å². The van der Waals surface area contributed by atoms with Crippen LogP contribution in [0.15, 0.2) is 71.6 Å². The van der Waals surface area contributed by atoms with Gasteiger partial charge in [0.1, 0.15) is 11.8 Å². The molecule has 2 N–H and O–H groups in total. The second kappa shape index (κ2) is 12.2. The minimum absolute atomic E-state index is 0.107. The Balaban J connectivity index is 1.53. The fourth-order valence-corrected chi connectivity index (χ4v) is 7.08. The van der Waals surface area contributed by atoms with E-state index in [9.17, 15) is 18.0 Å². The van der Waals surface area contributed by atoms with Crippen LogP contribution in [0, 0.1) is 5.92 Å². The first kappa shape index (κ1) is 27.9. The molecule has 4 rings (SSSR count). The number of benzene rings is 3. The summed E-state index contributed by atoms with van der Waals surface area (Å²) in [4.78, 5) is 30.0.